The standard InChI is InChI=1S/C24H25NO/c1-3-7-21(8-4-1)24(17-19-11-12-19)25-18-20-13-15-23(16-14-20)26-22-9-5-2-6-10-22/h1-10,13-16,19,24-25H,11-12,17-18H2/t24-/m0/s1. The maximum absolute atomic E-state index is 5.87. The Kier molecular flexibility index (Phi) is 5.32. The highest BCUT2D eigenvalue weighted by Gasteiger charge is 2.25. The molecule has 3 aromatic rings. The van der Waals surface area contributed by atoms with Crippen LogP contribution in [0.25, 0.3) is 0 Å². The Labute approximate surface area is 155 Å². The normalized spacial score (nSPS) is 14.8. The first kappa shape index (κ1) is 16.9. The van der Waals surface area contributed by atoms with Crippen LogP contribution in [-0.2, 0) is 6.54 Å². The zero-order valence-electron chi connectivity index (χ0n) is 15.0. The van der Waals surface area contributed by atoms with Gasteiger partial charge < -0.3 is 10.1 Å². The quantitative estimate of drug-likeness (QED) is 0.533. The summed E-state index contributed by atoms with van der Waals surface area (Å²) >= 11 is 0. The van der Waals surface area contributed by atoms with Gasteiger partial charge in [-0.05, 0) is 47.7 Å². The molecule has 2 nitrogen and oxygen atoms in total. The molecule has 1 atom stereocenters. The van der Waals surface area contributed by atoms with Crippen molar-refractivity contribution in [3.8, 4) is 11.5 Å². The number of hydrogen-bond donors (Lipinski definition) is 1. The predicted octanol–water partition coefficient (Wildman–Crippen LogP) is 6.11. The van der Waals surface area contributed by atoms with Crippen LogP contribution < -0.4 is 10.1 Å². The fourth-order valence-corrected chi connectivity index (χ4v) is 3.25. The van der Waals surface area contributed by atoms with Crippen molar-refractivity contribution in [2.75, 3.05) is 0 Å². The van der Waals surface area contributed by atoms with Crippen molar-refractivity contribution in [2.24, 2.45) is 5.92 Å². The summed E-state index contributed by atoms with van der Waals surface area (Å²) in [4.78, 5) is 0. The van der Waals surface area contributed by atoms with Crippen molar-refractivity contribution in [2.45, 2.75) is 31.8 Å². The topological polar surface area (TPSA) is 21.3 Å². The average molecular weight is 343 g/mol. The van der Waals surface area contributed by atoms with Crippen LogP contribution in [0.5, 0.6) is 11.5 Å². The van der Waals surface area contributed by atoms with E-state index in [1.807, 2.05) is 42.5 Å². The first-order chi connectivity index (χ1) is 12.9. The van der Waals surface area contributed by atoms with E-state index in [0.29, 0.717) is 6.04 Å². The molecule has 0 heterocycles. The molecule has 132 valence electrons. The third-order valence-electron chi connectivity index (χ3n) is 4.92. The van der Waals surface area contributed by atoms with Gasteiger partial charge >= 0.3 is 0 Å². The Balaban J connectivity index is 1.36. The number of ether oxygens (including phenoxy) is 1. The van der Waals surface area contributed by atoms with Gasteiger partial charge in [0.05, 0.1) is 0 Å². The van der Waals surface area contributed by atoms with Gasteiger partial charge in [-0.3, -0.25) is 0 Å². The van der Waals surface area contributed by atoms with E-state index >= 15 is 0 Å². The molecule has 26 heavy (non-hydrogen) atoms. The van der Waals surface area contributed by atoms with Crippen LogP contribution in [0.2, 0.25) is 0 Å². The first-order valence-electron chi connectivity index (χ1n) is 9.47. The molecule has 0 spiro atoms. The summed E-state index contributed by atoms with van der Waals surface area (Å²) in [6.07, 6.45) is 4.01. The summed E-state index contributed by atoms with van der Waals surface area (Å²) in [7, 11) is 0. The average Bonchev–Trinajstić information content (AvgIpc) is 3.52. The van der Waals surface area contributed by atoms with E-state index in [1.54, 1.807) is 0 Å². The molecule has 0 radical (unpaired) electrons. The second kappa shape index (κ2) is 8.20. The van der Waals surface area contributed by atoms with E-state index < -0.39 is 0 Å². The molecule has 0 aliphatic heterocycles. The van der Waals surface area contributed by atoms with E-state index in [0.717, 1.165) is 24.0 Å². The van der Waals surface area contributed by atoms with E-state index in [-0.39, 0.29) is 0 Å². The molecule has 0 saturated heterocycles. The van der Waals surface area contributed by atoms with Crippen molar-refractivity contribution < 1.29 is 4.74 Å². The molecule has 0 bridgehead atoms. The van der Waals surface area contributed by atoms with Crippen LogP contribution in [0, 0.1) is 5.92 Å². The van der Waals surface area contributed by atoms with E-state index in [4.69, 9.17) is 4.74 Å². The largest absolute Gasteiger partial charge is 0.457 e. The van der Waals surface area contributed by atoms with Crippen molar-refractivity contribution in [3.63, 3.8) is 0 Å². The van der Waals surface area contributed by atoms with Crippen molar-refractivity contribution in [1.29, 1.82) is 0 Å². The molecule has 4 rings (SSSR count). The second-order valence-electron chi connectivity index (χ2n) is 7.08. The summed E-state index contributed by atoms with van der Waals surface area (Å²) in [6, 6.07) is 29.5. The monoisotopic (exact) mass is 343 g/mol. The summed E-state index contributed by atoms with van der Waals surface area (Å²) in [5.41, 5.74) is 2.67. The molecule has 0 aromatic heterocycles. The Hall–Kier alpha value is -2.58. The summed E-state index contributed by atoms with van der Waals surface area (Å²) in [6.45, 7) is 0.873. The minimum atomic E-state index is 0.434. The Morgan fingerprint density at radius 3 is 2.04 bits per heavy atom. The zero-order valence-corrected chi connectivity index (χ0v) is 15.0. The van der Waals surface area contributed by atoms with E-state index in [1.165, 1.54) is 30.4 Å². The highest BCUT2D eigenvalue weighted by molar-refractivity contribution is 5.33. The van der Waals surface area contributed by atoms with Crippen LogP contribution in [0.3, 0.4) is 0 Å². The fraction of sp³-hybridized carbons (Fsp3) is 0.250. The maximum Gasteiger partial charge on any atom is 0.127 e. The van der Waals surface area contributed by atoms with Crippen LogP contribution in [0.1, 0.15) is 36.4 Å². The van der Waals surface area contributed by atoms with Gasteiger partial charge in [0.15, 0.2) is 0 Å². The van der Waals surface area contributed by atoms with Gasteiger partial charge in [0.25, 0.3) is 0 Å². The highest BCUT2D eigenvalue weighted by Crippen LogP contribution is 2.37. The van der Waals surface area contributed by atoms with E-state index in [9.17, 15) is 0 Å². The summed E-state index contributed by atoms with van der Waals surface area (Å²) in [5.74, 6) is 2.64. The Bertz CT molecular complexity index is 795. The minimum Gasteiger partial charge on any atom is -0.457 e. The molecule has 1 fully saturated rings. The lowest BCUT2D eigenvalue weighted by atomic mass is 10.0. The van der Waals surface area contributed by atoms with Crippen LogP contribution in [-0.4, -0.2) is 0 Å². The SMILES string of the molecule is c1ccc(Oc2ccc(CN[C@@H](CC3CC3)c3ccccc3)cc2)cc1. The molecular weight excluding hydrogens is 318 g/mol. The highest BCUT2D eigenvalue weighted by atomic mass is 16.5. The van der Waals surface area contributed by atoms with Gasteiger partial charge in [0.2, 0.25) is 0 Å². The lowest BCUT2D eigenvalue weighted by molar-refractivity contribution is 0.471. The summed E-state index contributed by atoms with van der Waals surface area (Å²) < 4.78 is 5.87. The summed E-state index contributed by atoms with van der Waals surface area (Å²) in [5, 5.41) is 3.75. The van der Waals surface area contributed by atoms with Crippen LogP contribution in [0.15, 0.2) is 84.9 Å². The van der Waals surface area contributed by atoms with Crippen molar-refractivity contribution in [1.82, 2.24) is 5.32 Å². The lowest BCUT2D eigenvalue weighted by Crippen LogP contribution is -2.21. The Morgan fingerprint density at radius 1 is 0.769 bits per heavy atom. The van der Waals surface area contributed by atoms with Gasteiger partial charge in [0.1, 0.15) is 11.5 Å². The van der Waals surface area contributed by atoms with Gasteiger partial charge in [-0.1, -0.05) is 73.5 Å². The first-order valence-corrected chi connectivity index (χ1v) is 9.47. The van der Waals surface area contributed by atoms with Crippen LogP contribution in [0.4, 0.5) is 0 Å². The molecular formula is C24H25NO. The molecule has 1 aliphatic carbocycles. The number of nitrogens with one attached hydrogen (secondary N) is 1. The van der Waals surface area contributed by atoms with Crippen molar-refractivity contribution in [3.05, 3.63) is 96.1 Å². The van der Waals surface area contributed by atoms with Gasteiger partial charge in [0, 0.05) is 12.6 Å². The van der Waals surface area contributed by atoms with Crippen molar-refractivity contribution >= 4 is 0 Å². The predicted molar refractivity (Wildman–Crippen MR) is 106 cm³/mol. The van der Waals surface area contributed by atoms with E-state index in [2.05, 4.69) is 47.8 Å². The number of para-hydroxylation sites is 1. The number of rotatable bonds is 8. The fourth-order valence-electron chi connectivity index (χ4n) is 3.25. The van der Waals surface area contributed by atoms with Gasteiger partial charge in [-0.15, -0.1) is 0 Å². The maximum atomic E-state index is 5.87. The van der Waals surface area contributed by atoms with Crippen LogP contribution >= 0.6 is 0 Å². The molecule has 3 aromatic carbocycles. The van der Waals surface area contributed by atoms with Gasteiger partial charge in [-0.2, -0.15) is 0 Å². The molecule has 1 N–H and O–H groups in total. The third-order valence-corrected chi connectivity index (χ3v) is 4.92. The molecule has 1 saturated carbocycles. The number of hydrogen-bond acceptors (Lipinski definition) is 2. The molecule has 1 aliphatic rings. The second-order valence-corrected chi connectivity index (χ2v) is 7.08. The molecule has 0 amide bonds. The van der Waals surface area contributed by atoms with Gasteiger partial charge in [-0.25, -0.2) is 0 Å². The minimum absolute atomic E-state index is 0.434. The lowest BCUT2D eigenvalue weighted by Gasteiger charge is -2.19. The Morgan fingerprint density at radius 2 is 1.38 bits per heavy atom. The number of benzene rings is 3. The zero-order chi connectivity index (χ0) is 17.6. The molecule has 2 heteroatoms. The molecule has 0 unspecified atom stereocenters. The smallest absolute Gasteiger partial charge is 0.127 e. The third kappa shape index (κ3) is 4.74.